The van der Waals surface area contributed by atoms with E-state index in [1.54, 1.807) is 0 Å². The van der Waals surface area contributed by atoms with Crippen molar-refractivity contribution in [2.75, 3.05) is 13.2 Å². The van der Waals surface area contributed by atoms with Crippen LogP contribution in [0.5, 0.6) is 0 Å². The minimum absolute atomic E-state index is 0.180. The molecular weight excluding hydrogens is 238 g/mol. The van der Waals surface area contributed by atoms with E-state index in [-0.39, 0.29) is 18.4 Å². The molecule has 3 nitrogen and oxygen atoms in total. The lowest BCUT2D eigenvalue weighted by atomic mass is 10.1. The molecular formula is C16H23NO2. The van der Waals surface area contributed by atoms with E-state index in [2.05, 4.69) is 17.4 Å². The van der Waals surface area contributed by atoms with E-state index in [1.807, 2.05) is 18.2 Å². The molecule has 1 aliphatic rings. The summed E-state index contributed by atoms with van der Waals surface area (Å²) in [7, 11) is 0. The molecule has 1 saturated carbocycles. The van der Waals surface area contributed by atoms with Crippen LogP contribution >= 0.6 is 0 Å². The average molecular weight is 261 g/mol. The lowest BCUT2D eigenvalue weighted by Crippen LogP contribution is -2.26. The lowest BCUT2D eigenvalue weighted by molar-refractivity contribution is -0.122. The van der Waals surface area contributed by atoms with Crippen LogP contribution in [0, 0.1) is 5.92 Å². The Kier molecular flexibility index (Phi) is 5.40. The van der Waals surface area contributed by atoms with Crippen LogP contribution in [-0.4, -0.2) is 24.2 Å². The van der Waals surface area contributed by atoms with E-state index in [0.29, 0.717) is 5.92 Å². The van der Waals surface area contributed by atoms with Gasteiger partial charge >= 0.3 is 0 Å². The Balaban J connectivity index is 1.61. The lowest BCUT2D eigenvalue weighted by Gasteiger charge is -2.05. The number of carbonyl (C=O) groups is 1. The van der Waals surface area contributed by atoms with Crippen molar-refractivity contribution in [3.8, 4) is 0 Å². The quantitative estimate of drug-likeness (QED) is 0.706. The monoisotopic (exact) mass is 261 g/mol. The highest BCUT2D eigenvalue weighted by atomic mass is 16.2. The summed E-state index contributed by atoms with van der Waals surface area (Å²) in [5, 5.41) is 11.7. The van der Waals surface area contributed by atoms with Crippen molar-refractivity contribution in [2.24, 2.45) is 5.92 Å². The molecule has 0 heterocycles. The van der Waals surface area contributed by atoms with Crippen LogP contribution in [-0.2, 0) is 4.79 Å². The Bertz CT molecular complexity index is 391. The zero-order chi connectivity index (χ0) is 13.5. The molecule has 2 unspecified atom stereocenters. The molecule has 0 saturated heterocycles. The summed E-state index contributed by atoms with van der Waals surface area (Å²) >= 11 is 0. The summed E-state index contributed by atoms with van der Waals surface area (Å²) < 4.78 is 0. The van der Waals surface area contributed by atoms with E-state index >= 15 is 0 Å². The minimum Gasteiger partial charge on any atom is -0.396 e. The number of amides is 1. The second-order valence-corrected chi connectivity index (χ2v) is 5.29. The normalized spacial score (nSPS) is 21.1. The van der Waals surface area contributed by atoms with Crippen LogP contribution in [0.3, 0.4) is 0 Å². The average Bonchev–Trinajstić information content (AvgIpc) is 3.24. The molecule has 104 valence electrons. The van der Waals surface area contributed by atoms with Crippen LogP contribution in [0.1, 0.15) is 43.6 Å². The van der Waals surface area contributed by atoms with E-state index in [0.717, 1.165) is 38.6 Å². The van der Waals surface area contributed by atoms with Gasteiger partial charge in [-0.25, -0.2) is 0 Å². The maximum absolute atomic E-state index is 11.9. The highest BCUT2D eigenvalue weighted by molar-refractivity contribution is 5.82. The van der Waals surface area contributed by atoms with E-state index in [1.165, 1.54) is 5.56 Å². The first-order chi connectivity index (χ1) is 9.33. The number of hydrogen-bond acceptors (Lipinski definition) is 2. The van der Waals surface area contributed by atoms with Gasteiger partial charge in [0.15, 0.2) is 0 Å². The van der Waals surface area contributed by atoms with Gasteiger partial charge in [0.05, 0.1) is 0 Å². The minimum atomic E-state index is 0.180. The smallest absolute Gasteiger partial charge is 0.223 e. The number of hydrogen-bond donors (Lipinski definition) is 2. The van der Waals surface area contributed by atoms with Crippen LogP contribution in [0.2, 0.25) is 0 Å². The van der Waals surface area contributed by atoms with Crippen molar-refractivity contribution in [2.45, 2.75) is 38.0 Å². The van der Waals surface area contributed by atoms with Gasteiger partial charge in [0, 0.05) is 19.1 Å². The molecule has 2 atom stereocenters. The Labute approximate surface area is 115 Å². The molecule has 2 N–H and O–H groups in total. The zero-order valence-electron chi connectivity index (χ0n) is 11.3. The van der Waals surface area contributed by atoms with Crippen molar-refractivity contribution in [3.63, 3.8) is 0 Å². The van der Waals surface area contributed by atoms with Crippen molar-refractivity contribution in [1.29, 1.82) is 0 Å². The molecule has 0 bridgehead atoms. The van der Waals surface area contributed by atoms with Gasteiger partial charge in [0.2, 0.25) is 5.91 Å². The van der Waals surface area contributed by atoms with Crippen LogP contribution in [0.4, 0.5) is 0 Å². The molecule has 1 amide bonds. The van der Waals surface area contributed by atoms with E-state index in [9.17, 15) is 4.79 Å². The number of rotatable bonds is 8. The molecule has 0 aromatic heterocycles. The molecule has 3 heteroatoms. The maximum atomic E-state index is 11.9. The fourth-order valence-electron chi connectivity index (χ4n) is 2.49. The van der Waals surface area contributed by atoms with Gasteiger partial charge < -0.3 is 10.4 Å². The van der Waals surface area contributed by atoms with Crippen LogP contribution < -0.4 is 5.32 Å². The van der Waals surface area contributed by atoms with Gasteiger partial charge in [0.1, 0.15) is 0 Å². The molecule has 1 aliphatic carbocycles. The summed E-state index contributed by atoms with van der Waals surface area (Å²) in [5.74, 6) is 0.812. The molecule has 0 spiro atoms. The summed E-state index contributed by atoms with van der Waals surface area (Å²) in [6.07, 6.45) is 4.98. The number of aliphatic hydroxyl groups excluding tert-OH is 1. The Morgan fingerprint density at radius 2 is 1.89 bits per heavy atom. The van der Waals surface area contributed by atoms with Gasteiger partial charge in [-0.05, 0) is 30.7 Å². The molecule has 0 aliphatic heterocycles. The Morgan fingerprint density at radius 3 is 2.63 bits per heavy atom. The first-order valence-electron chi connectivity index (χ1n) is 7.26. The predicted molar refractivity (Wildman–Crippen MR) is 75.9 cm³/mol. The highest BCUT2D eigenvalue weighted by Gasteiger charge is 2.43. The largest absolute Gasteiger partial charge is 0.396 e. The Hall–Kier alpha value is -1.35. The first kappa shape index (κ1) is 14.1. The van der Waals surface area contributed by atoms with Gasteiger partial charge in [0.25, 0.3) is 0 Å². The number of nitrogens with one attached hydrogen (secondary N) is 1. The molecule has 19 heavy (non-hydrogen) atoms. The van der Waals surface area contributed by atoms with Crippen molar-refractivity contribution in [1.82, 2.24) is 5.32 Å². The second kappa shape index (κ2) is 7.29. The SMILES string of the molecule is O=C(NCCCCCCO)C1CC1c1ccccc1. The maximum Gasteiger partial charge on any atom is 0.223 e. The van der Waals surface area contributed by atoms with Crippen LogP contribution in [0.25, 0.3) is 0 Å². The van der Waals surface area contributed by atoms with Gasteiger partial charge in [-0.3, -0.25) is 4.79 Å². The Morgan fingerprint density at radius 1 is 1.16 bits per heavy atom. The van der Waals surface area contributed by atoms with Crippen molar-refractivity contribution < 1.29 is 9.90 Å². The zero-order valence-corrected chi connectivity index (χ0v) is 11.3. The van der Waals surface area contributed by atoms with Gasteiger partial charge in [-0.2, -0.15) is 0 Å². The second-order valence-electron chi connectivity index (χ2n) is 5.29. The predicted octanol–water partition coefficient (Wildman–Crippen LogP) is 2.46. The fraction of sp³-hybridized carbons (Fsp3) is 0.562. The number of benzene rings is 1. The highest BCUT2D eigenvalue weighted by Crippen LogP contribution is 2.47. The molecule has 2 rings (SSSR count). The van der Waals surface area contributed by atoms with E-state index in [4.69, 9.17) is 5.11 Å². The number of carbonyl (C=O) groups excluding carboxylic acids is 1. The summed E-state index contributed by atoms with van der Waals surface area (Å²) in [4.78, 5) is 11.9. The topological polar surface area (TPSA) is 49.3 Å². The number of aliphatic hydroxyl groups is 1. The third kappa shape index (κ3) is 4.35. The van der Waals surface area contributed by atoms with Crippen molar-refractivity contribution in [3.05, 3.63) is 35.9 Å². The third-order valence-corrected chi connectivity index (χ3v) is 3.74. The van der Waals surface area contributed by atoms with Gasteiger partial charge in [-0.1, -0.05) is 43.2 Å². The first-order valence-corrected chi connectivity index (χ1v) is 7.26. The summed E-state index contributed by atoms with van der Waals surface area (Å²) in [6, 6.07) is 10.3. The summed E-state index contributed by atoms with van der Waals surface area (Å²) in [6.45, 7) is 1.04. The molecule has 1 aromatic rings. The van der Waals surface area contributed by atoms with Crippen LogP contribution in [0.15, 0.2) is 30.3 Å². The van der Waals surface area contributed by atoms with E-state index < -0.39 is 0 Å². The number of unbranched alkanes of at least 4 members (excludes halogenated alkanes) is 3. The third-order valence-electron chi connectivity index (χ3n) is 3.74. The van der Waals surface area contributed by atoms with Gasteiger partial charge in [-0.15, -0.1) is 0 Å². The molecule has 0 radical (unpaired) electrons. The molecule has 1 aromatic carbocycles. The molecule has 1 fully saturated rings. The fourth-order valence-corrected chi connectivity index (χ4v) is 2.49. The van der Waals surface area contributed by atoms with Crippen molar-refractivity contribution >= 4 is 5.91 Å². The summed E-state index contributed by atoms with van der Waals surface area (Å²) in [5.41, 5.74) is 1.28. The standard InChI is InChI=1S/C16H23NO2/c18-11-7-2-1-6-10-17-16(19)15-12-14(15)13-8-4-3-5-9-13/h3-5,8-9,14-15,18H,1-2,6-7,10-12H2,(H,17,19).